The van der Waals surface area contributed by atoms with Gasteiger partial charge >= 0.3 is 0 Å². The number of benzene rings is 1. The summed E-state index contributed by atoms with van der Waals surface area (Å²) in [6, 6.07) is 13.7. The van der Waals surface area contributed by atoms with Crippen LogP contribution in [0.15, 0.2) is 36.4 Å². The van der Waals surface area contributed by atoms with Crippen molar-refractivity contribution in [2.75, 3.05) is 13.2 Å². The second-order valence-electron chi connectivity index (χ2n) is 7.88. The number of nitrogens with zero attached hydrogens (tertiary/aromatic N) is 2. The molecule has 1 aromatic heterocycles. The summed E-state index contributed by atoms with van der Waals surface area (Å²) in [6.45, 7) is 13.3. The molecule has 3 rings (SSSR count). The van der Waals surface area contributed by atoms with Gasteiger partial charge in [0.15, 0.2) is 8.32 Å². The molecule has 3 atom stereocenters. The quantitative estimate of drug-likeness (QED) is 0.578. The van der Waals surface area contributed by atoms with Crippen LogP contribution in [0.5, 0.6) is 0 Å². The Hall–Kier alpha value is -1.23. The van der Waals surface area contributed by atoms with Gasteiger partial charge in [0.25, 0.3) is 0 Å². The molecule has 0 bridgehead atoms. The first-order valence-corrected chi connectivity index (χ1v) is 12.0. The Morgan fingerprint density at radius 2 is 1.91 bits per heavy atom. The van der Waals surface area contributed by atoms with Crippen molar-refractivity contribution in [3.05, 3.63) is 42.1 Å². The van der Waals surface area contributed by atoms with Gasteiger partial charge in [0, 0.05) is 24.6 Å². The SMILES string of the molecule is CC(C)[C@@H](CO[Si](C)(C)C)N1C[C@H]1c1ccc2ccccc2n1. The topological polar surface area (TPSA) is 25.1 Å². The molecule has 2 heterocycles. The third-order valence-corrected chi connectivity index (χ3v) is 5.53. The zero-order valence-corrected chi connectivity index (χ0v) is 15.9. The lowest BCUT2D eigenvalue weighted by Gasteiger charge is -2.27. The second-order valence-corrected chi connectivity index (χ2v) is 12.4. The van der Waals surface area contributed by atoms with Gasteiger partial charge in [-0.2, -0.15) is 0 Å². The van der Waals surface area contributed by atoms with Gasteiger partial charge in [0.1, 0.15) is 0 Å². The van der Waals surface area contributed by atoms with Crippen molar-refractivity contribution in [1.82, 2.24) is 9.88 Å². The lowest BCUT2D eigenvalue weighted by molar-refractivity contribution is 0.174. The summed E-state index contributed by atoms with van der Waals surface area (Å²) < 4.78 is 6.19. The Balaban J connectivity index is 1.72. The van der Waals surface area contributed by atoms with Gasteiger partial charge < -0.3 is 4.43 Å². The van der Waals surface area contributed by atoms with Crippen molar-refractivity contribution in [3.8, 4) is 0 Å². The molecular formula is C19H28N2OSi. The van der Waals surface area contributed by atoms with Crippen molar-refractivity contribution in [2.45, 2.75) is 45.6 Å². The zero-order valence-electron chi connectivity index (χ0n) is 14.9. The van der Waals surface area contributed by atoms with Gasteiger partial charge in [-0.15, -0.1) is 0 Å². The molecular weight excluding hydrogens is 300 g/mol. The average Bonchev–Trinajstić information content (AvgIpc) is 3.25. The second kappa shape index (κ2) is 6.34. The number of aromatic nitrogens is 1. The van der Waals surface area contributed by atoms with Gasteiger partial charge in [0.2, 0.25) is 0 Å². The van der Waals surface area contributed by atoms with E-state index < -0.39 is 8.32 Å². The predicted octanol–water partition coefficient (Wildman–Crippen LogP) is 4.47. The molecule has 0 amide bonds. The van der Waals surface area contributed by atoms with Gasteiger partial charge in [-0.25, -0.2) is 0 Å². The molecule has 1 unspecified atom stereocenters. The smallest absolute Gasteiger partial charge is 0.183 e. The van der Waals surface area contributed by atoms with Crippen LogP contribution in [0.4, 0.5) is 0 Å². The first-order valence-electron chi connectivity index (χ1n) is 8.60. The summed E-state index contributed by atoms with van der Waals surface area (Å²) in [5.74, 6) is 0.594. The van der Waals surface area contributed by atoms with E-state index in [4.69, 9.17) is 9.41 Å². The number of rotatable bonds is 6. The van der Waals surface area contributed by atoms with Gasteiger partial charge in [0.05, 0.1) is 17.3 Å². The third-order valence-electron chi connectivity index (χ3n) is 4.49. The van der Waals surface area contributed by atoms with E-state index in [0.717, 1.165) is 18.7 Å². The summed E-state index contributed by atoms with van der Waals surface area (Å²) in [5, 5.41) is 1.21. The third kappa shape index (κ3) is 4.00. The fourth-order valence-corrected chi connectivity index (χ4v) is 3.73. The molecule has 1 saturated heterocycles. The summed E-state index contributed by atoms with van der Waals surface area (Å²) in [5.41, 5.74) is 2.29. The summed E-state index contributed by atoms with van der Waals surface area (Å²) in [6.07, 6.45) is 0. The van der Waals surface area contributed by atoms with Crippen molar-refractivity contribution in [2.24, 2.45) is 5.92 Å². The molecule has 3 nitrogen and oxygen atoms in total. The van der Waals surface area contributed by atoms with Crippen LogP contribution in [0, 0.1) is 5.92 Å². The number of hydrogen-bond donors (Lipinski definition) is 0. The predicted molar refractivity (Wildman–Crippen MR) is 99.1 cm³/mol. The monoisotopic (exact) mass is 328 g/mol. The number of para-hydroxylation sites is 1. The molecule has 1 fully saturated rings. The summed E-state index contributed by atoms with van der Waals surface area (Å²) >= 11 is 0. The standard InChI is InChI=1S/C19H28N2OSi/c1-14(2)19(13-22-23(3,4)5)21-12-18(21)17-11-10-15-8-6-7-9-16(15)20-17/h6-11,14,18-19H,12-13H2,1-5H3/t18-,19+,21?/m0/s1. The van der Waals surface area contributed by atoms with Crippen LogP contribution in [0.25, 0.3) is 10.9 Å². The maximum absolute atomic E-state index is 6.19. The highest BCUT2D eigenvalue weighted by Crippen LogP contribution is 2.38. The van der Waals surface area contributed by atoms with E-state index in [1.54, 1.807) is 0 Å². The summed E-state index contributed by atoms with van der Waals surface area (Å²) in [7, 11) is -1.46. The van der Waals surface area contributed by atoms with Gasteiger partial charge in [-0.1, -0.05) is 38.1 Å². The Bertz CT molecular complexity index is 680. The molecule has 0 radical (unpaired) electrons. The maximum atomic E-state index is 6.19. The Labute approximate surface area is 140 Å². The lowest BCUT2D eigenvalue weighted by Crippen LogP contribution is -2.37. The van der Waals surface area contributed by atoms with Crippen molar-refractivity contribution in [1.29, 1.82) is 0 Å². The first kappa shape index (κ1) is 16.6. The van der Waals surface area contributed by atoms with Crippen LogP contribution in [0.1, 0.15) is 25.6 Å². The normalized spacial score (nSPS) is 22.5. The van der Waals surface area contributed by atoms with Gasteiger partial charge in [-0.05, 0) is 37.7 Å². The first-order chi connectivity index (χ1) is 10.8. The number of hydrogen-bond acceptors (Lipinski definition) is 3. The van der Waals surface area contributed by atoms with E-state index in [9.17, 15) is 0 Å². The van der Waals surface area contributed by atoms with Crippen molar-refractivity contribution >= 4 is 19.2 Å². The highest BCUT2D eigenvalue weighted by Gasteiger charge is 2.43. The van der Waals surface area contributed by atoms with Crippen LogP contribution < -0.4 is 0 Å². The van der Waals surface area contributed by atoms with Crippen LogP contribution in [0.3, 0.4) is 0 Å². The molecule has 0 saturated carbocycles. The lowest BCUT2D eigenvalue weighted by atomic mass is 10.1. The molecule has 2 aromatic rings. The minimum atomic E-state index is -1.46. The summed E-state index contributed by atoms with van der Waals surface area (Å²) in [4.78, 5) is 7.41. The maximum Gasteiger partial charge on any atom is 0.183 e. The molecule has 0 N–H and O–H groups in total. The fraction of sp³-hybridized carbons (Fsp3) is 0.526. The zero-order chi connectivity index (χ0) is 16.6. The van der Waals surface area contributed by atoms with E-state index in [0.29, 0.717) is 18.0 Å². The van der Waals surface area contributed by atoms with Crippen LogP contribution in [-0.4, -0.2) is 37.4 Å². The van der Waals surface area contributed by atoms with E-state index >= 15 is 0 Å². The Kier molecular flexibility index (Phi) is 4.58. The number of fused-ring (bicyclic) bond motifs is 1. The van der Waals surface area contributed by atoms with Crippen molar-refractivity contribution in [3.63, 3.8) is 0 Å². The van der Waals surface area contributed by atoms with Crippen LogP contribution in [-0.2, 0) is 4.43 Å². The minimum absolute atomic E-state index is 0.456. The molecule has 23 heavy (non-hydrogen) atoms. The highest BCUT2D eigenvalue weighted by atomic mass is 28.4. The molecule has 1 aliphatic heterocycles. The molecule has 1 aliphatic rings. The van der Waals surface area contributed by atoms with E-state index in [2.05, 4.69) is 74.8 Å². The van der Waals surface area contributed by atoms with Crippen LogP contribution >= 0.6 is 0 Å². The van der Waals surface area contributed by atoms with Crippen molar-refractivity contribution < 1.29 is 4.43 Å². The number of pyridine rings is 1. The molecule has 4 heteroatoms. The Morgan fingerprint density at radius 3 is 2.61 bits per heavy atom. The molecule has 124 valence electrons. The highest BCUT2D eigenvalue weighted by molar-refractivity contribution is 6.69. The van der Waals surface area contributed by atoms with E-state index in [-0.39, 0.29) is 0 Å². The molecule has 0 spiro atoms. The largest absolute Gasteiger partial charge is 0.416 e. The van der Waals surface area contributed by atoms with E-state index in [1.807, 2.05) is 0 Å². The molecule has 0 aliphatic carbocycles. The fourth-order valence-electron chi connectivity index (χ4n) is 3.06. The minimum Gasteiger partial charge on any atom is -0.416 e. The average molecular weight is 329 g/mol. The van der Waals surface area contributed by atoms with Gasteiger partial charge in [-0.3, -0.25) is 9.88 Å². The van der Waals surface area contributed by atoms with E-state index in [1.165, 1.54) is 11.1 Å². The molecule has 1 aromatic carbocycles. The Morgan fingerprint density at radius 1 is 1.17 bits per heavy atom. The van der Waals surface area contributed by atoms with Crippen LogP contribution in [0.2, 0.25) is 19.6 Å².